The van der Waals surface area contributed by atoms with E-state index in [4.69, 9.17) is 4.42 Å². The Bertz CT molecular complexity index is 433. The van der Waals surface area contributed by atoms with Gasteiger partial charge in [0.05, 0.1) is 10.3 Å². The average Bonchev–Trinajstić information content (AvgIpc) is 2.49. The summed E-state index contributed by atoms with van der Waals surface area (Å²) in [6, 6.07) is 6.15. The van der Waals surface area contributed by atoms with Gasteiger partial charge in [-0.15, -0.1) is 0 Å². The zero-order chi connectivity index (χ0) is 8.55. The van der Waals surface area contributed by atoms with Crippen LogP contribution in [0.4, 0.5) is 5.69 Å². The van der Waals surface area contributed by atoms with Crippen LogP contribution in [0.3, 0.4) is 0 Å². The second kappa shape index (κ2) is 2.34. The highest BCUT2D eigenvalue weighted by Gasteiger charge is 2.11. The Hall–Kier alpha value is -1.84. The maximum atomic E-state index is 10.5. The first-order valence-electron chi connectivity index (χ1n) is 3.32. The highest BCUT2D eigenvalue weighted by molar-refractivity contribution is 5.86. The summed E-state index contributed by atoms with van der Waals surface area (Å²) in [5.41, 5.74) is 0.543. The van der Waals surface area contributed by atoms with E-state index in [1.54, 1.807) is 12.1 Å². The van der Waals surface area contributed by atoms with Crippen molar-refractivity contribution in [3.8, 4) is 0 Å². The van der Waals surface area contributed by atoms with Crippen molar-refractivity contribution in [2.24, 2.45) is 0 Å². The standard InChI is InChI=1S/C8H4NO3/c10-9(11)7-2-1-3-8-6(7)4-5-12-8/h1-4H. The summed E-state index contributed by atoms with van der Waals surface area (Å²) in [4.78, 5) is 10.0. The molecule has 4 heteroatoms. The number of hydrogen-bond acceptors (Lipinski definition) is 3. The normalized spacial score (nSPS) is 10.3. The summed E-state index contributed by atoms with van der Waals surface area (Å²) in [7, 11) is 0. The second-order valence-electron chi connectivity index (χ2n) is 2.31. The third-order valence-corrected chi connectivity index (χ3v) is 1.61. The maximum absolute atomic E-state index is 10.5. The van der Waals surface area contributed by atoms with Gasteiger partial charge in [-0.05, 0) is 6.07 Å². The van der Waals surface area contributed by atoms with Crippen LogP contribution in [0.5, 0.6) is 0 Å². The van der Waals surface area contributed by atoms with Crippen LogP contribution in [0, 0.1) is 16.4 Å². The second-order valence-corrected chi connectivity index (χ2v) is 2.31. The molecule has 0 spiro atoms. The molecule has 1 radical (unpaired) electrons. The van der Waals surface area contributed by atoms with E-state index in [9.17, 15) is 10.1 Å². The van der Waals surface area contributed by atoms with E-state index >= 15 is 0 Å². The van der Waals surface area contributed by atoms with E-state index in [0.717, 1.165) is 0 Å². The molecule has 0 N–H and O–H groups in total. The summed E-state index contributed by atoms with van der Waals surface area (Å²) in [5, 5.41) is 11.0. The minimum atomic E-state index is -0.439. The molecule has 59 valence electrons. The van der Waals surface area contributed by atoms with Gasteiger partial charge in [0.2, 0.25) is 0 Å². The fourth-order valence-electron chi connectivity index (χ4n) is 1.08. The van der Waals surface area contributed by atoms with Crippen LogP contribution in [0.25, 0.3) is 11.0 Å². The largest absolute Gasteiger partial charge is 0.453 e. The molecule has 1 aromatic carbocycles. The maximum Gasteiger partial charge on any atom is 0.280 e. The molecule has 0 atom stereocenters. The molecule has 1 heterocycles. The number of nitro benzene ring substituents is 1. The van der Waals surface area contributed by atoms with Crippen molar-refractivity contribution in [2.45, 2.75) is 0 Å². The molecule has 0 aliphatic heterocycles. The van der Waals surface area contributed by atoms with Gasteiger partial charge in [-0.1, -0.05) is 6.07 Å². The van der Waals surface area contributed by atoms with Crippen molar-refractivity contribution in [3.63, 3.8) is 0 Å². The number of hydrogen-bond donors (Lipinski definition) is 0. The fourth-order valence-corrected chi connectivity index (χ4v) is 1.08. The van der Waals surface area contributed by atoms with Gasteiger partial charge in [-0.3, -0.25) is 10.1 Å². The summed E-state index contributed by atoms with van der Waals surface area (Å²) in [5.74, 6) is 0. The number of non-ortho nitro benzene ring substituents is 1. The predicted molar refractivity (Wildman–Crippen MR) is 41.7 cm³/mol. The molecule has 1 aromatic heterocycles. The Kier molecular flexibility index (Phi) is 1.33. The third-order valence-electron chi connectivity index (χ3n) is 1.61. The van der Waals surface area contributed by atoms with Gasteiger partial charge in [0.1, 0.15) is 5.58 Å². The number of furan rings is 1. The number of fused-ring (bicyclic) bond motifs is 1. The smallest absolute Gasteiger partial charge is 0.280 e. The van der Waals surface area contributed by atoms with Gasteiger partial charge in [0, 0.05) is 12.1 Å². The molecule has 2 rings (SSSR count). The molecular weight excluding hydrogens is 158 g/mol. The van der Waals surface area contributed by atoms with Crippen LogP contribution < -0.4 is 0 Å². The Morgan fingerprint density at radius 1 is 1.50 bits per heavy atom. The van der Waals surface area contributed by atoms with E-state index < -0.39 is 4.92 Å². The predicted octanol–water partition coefficient (Wildman–Crippen LogP) is 2.14. The Balaban J connectivity index is 2.82. The monoisotopic (exact) mass is 162 g/mol. The summed E-state index contributed by atoms with van der Waals surface area (Å²) < 4.78 is 4.88. The highest BCUT2D eigenvalue weighted by Crippen LogP contribution is 2.25. The summed E-state index contributed by atoms with van der Waals surface area (Å²) >= 11 is 0. The Labute approximate surface area is 67.6 Å². The number of rotatable bonds is 1. The van der Waals surface area contributed by atoms with Crippen molar-refractivity contribution < 1.29 is 9.34 Å². The first kappa shape index (κ1) is 6.84. The lowest BCUT2D eigenvalue weighted by atomic mass is 10.2. The Morgan fingerprint density at radius 2 is 2.33 bits per heavy atom. The van der Waals surface area contributed by atoms with Crippen molar-refractivity contribution in [3.05, 3.63) is 40.6 Å². The molecule has 0 aliphatic rings. The molecule has 0 bridgehead atoms. The number of nitro groups is 1. The van der Waals surface area contributed by atoms with Gasteiger partial charge in [0.25, 0.3) is 5.69 Å². The number of nitrogens with zero attached hydrogens (tertiary/aromatic N) is 1. The average molecular weight is 162 g/mol. The molecule has 0 fully saturated rings. The topological polar surface area (TPSA) is 56.3 Å². The van der Waals surface area contributed by atoms with E-state index in [2.05, 4.69) is 6.26 Å². The van der Waals surface area contributed by atoms with Gasteiger partial charge in [-0.2, -0.15) is 0 Å². The highest BCUT2D eigenvalue weighted by atomic mass is 16.6. The van der Waals surface area contributed by atoms with Crippen molar-refractivity contribution >= 4 is 16.7 Å². The van der Waals surface area contributed by atoms with Crippen LogP contribution >= 0.6 is 0 Å². The minimum Gasteiger partial charge on any atom is -0.453 e. The van der Waals surface area contributed by atoms with Crippen molar-refractivity contribution in [1.82, 2.24) is 0 Å². The van der Waals surface area contributed by atoms with Crippen LogP contribution in [0.1, 0.15) is 0 Å². The van der Waals surface area contributed by atoms with Gasteiger partial charge >= 0.3 is 0 Å². The number of benzene rings is 1. The SMILES string of the molecule is O=[N+]([O-])c1cccc2o[c]cc12. The summed E-state index contributed by atoms with van der Waals surface area (Å²) in [6.45, 7) is 0. The summed E-state index contributed by atoms with van der Waals surface area (Å²) in [6.07, 6.45) is 2.45. The van der Waals surface area contributed by atoms with Gasteiger partial charge in [0.15, 0.2) is 6.26 Å². The lowest BCUT2D eigenvalue weighted by Gasteiger charge is -1.90. The first-order valence-corrected chi connectivity index (χ1v) is 3.32. The molecule has 4 nitrogen and oxygen atoms in total. The van der Waals surface area contributed by atoms with E-state index in [1.165, 1.54) is 12.1 Å². The quantitative estimate of drug-likeness (QED) is 0.476. The molecule has 12 heavy (non-hydrogen) atoms. The first-order chi connectivity index (χ1) is 5.79. The molecule has 0 saturated carbocycles. The van der Waals surface area contributed by atoms with E-state index in [-0.39, 0.29) is 5.69 Å². The molecule has 0 saturated heterocycles. The van der Waals surface area contributed by atoms with Gasteiger partial charge < -0.3 is 4.42 Å². The lowest BCUT2D eigenvalue weighted by Crippen LogP contribution is -1.86. The van der Waals surface area contributed by atoms with Crippen molar-refractivity contribution in [1.29, 1.82) is 0 Å². The molecule has 2 aromatic rings. The molecule has 0 unspecified atom stereocenters. The van der Waals surface area contributed by atoms with Crippen molar-refractivity contribution in [2.75, 3.05) is 0 Å². The Morgan fingerprint density at radius 3 is 3.08 bits per heavy atom. The molecular formula is C8H4NO3. The molecule has 0 amide bonds. The fraction of sp³-hybridized carbons (Fsp3) is 0. The van der Waals surface area contributed by atoms with E-state index in [1.807, 2.05) is 0 Å². The third kappa shape index (κ3) is 0.852. The van der Waals surface area contributed by atoms with E-state index in [0.29, 0.717) is 11.0 Å². The van der Waals surface area contributed by atoms with Crippen LogP contribution in [-0.2, 0) is 0 Å². The zero-order valence-electron chi connectivity index (χ0n) is 5.98. The van der Waals surface area contributed by atoms with Crippen LogP contribution in [-0.4, -0.2) is 4.92 Å². The van der Waals surface area contributed by atoms with Crippen LogP contribution in [0.15, 0.2) is 28.7 Å². The lowest BCUT2D eigenvalue weighted by molar-refractivity contribution is -0.383. The minimum absolute atomic E-state index is 0.0532. The van der Waals surface area contributed by atoms with Gasteiger partial charge in [-0.25, -0.2) is 0 Å². The van der Waals surface area contributed by atoms with Crippen LogP contribution in [0.2, 0.25) is 0 Å². The zero-order valence-corrected chi connectivity index (χ0v) is 5.98. The molecule has 0 aliphatic carbocycles.